The van der Waals surface area contributed by atoms with E-state index >= 15 is 0 Å². The van der Waals surface area contributed by atoms with E-state index in [0.717, 1.165) is 67.3 Å². The zero-order valence-corrected chi connectivity index (χ0v) is 16.7. The van der Waals surface area contributed by atoms with Crippen molar-refractivity contribution in [3.63, 3.8) is 0 Å². The molecule has 4 heteroatoms. The highest BCUT2D eigenvalue weighted by molar-refractivity contribution is 5.95. The Labute approximate surface area is 171 Å². The van der Waals surface area contributed by atoms with Crippen LogP contribution in [0.2, 0.25) is 0 Å². The lowest BCUT2D eigenvalue weighted by atomic mass is 9.73. The van der Waals surface area contributed by atoms with Crippen LogP contribution in [0.4, 0.5) is 0 Å². The van der Waals surface area contributed by atoms with E-state index in [-0.39, 0.29) is 5.41 Å². The molecule has 1 amide bonds. The highest BCUT2D eigenvalue weighted by atomic mass is 16.5. The highest BCUT2D eigenvalue weighted by Crippen LogP contribution is 2.41. The Morgan fingerprint density at radius 3 is 2.48 bits per heavy atom. The zero-order valence-electron chi connectivity index (χ0n) is 16.7. The minimum atomic E-state index is -0.363. The first-order chi connectivity index (χ1) is 14.3. The van der Waals surface area contributed by atoms with Crippen molar-refractivity contribution in [2.24, 2.45) is 5.41 Å². The van der Waals surface area contributed by atoms with E-state index in [2.05, 4.69) is 35.2 Å². The van der Waals surface area contributed by atoms with E-state index in [0.29, 0.717) is 19.1 Å². The average molecular weight is 389 g/mol. The number of para-hydroxylation sites is 1. The van der Waals surface area contributed by atoms with Gasteiger partial charge in [0.1, 0.15) is 5.58 Å². The maximum absolute atomic E-state index is 13.6. The van der Waals surface area contributed by atoms with Crippen LogP contribution in [0.15, 0.2) is 59.2 Å². The van der Waals surface area contributed by atoms with Crippen molar-refractivity contribution in [3.8, 4) is 11.1 Å². The van der Waals surface area contributed by atoms with Crippen LogP contribution in [-0.4, -0.2) is 37.1 Å². The lowest BCUT2D eigenvalue weighted by molar-refractivity contribution is -0.146. The fourth-order valence-electron chi connectivity index (χ4n) is 4.97. The lowest BCUT2D eigenvalue weighted by Crippen LogP contribution is -2.47. The fourth-order valence-corrected chi connectivity index (χ4v) is 4.97. The molecule has 0 bridgehead atoms. The summed E-state index contributed by atoms with van der Waals surface area (Å²) in [6.07, 6.45) is 6.43. The van der Waals surface area contributed by atoms with Crippen LogP contribution in [0.1, 0.15) is 31.2 Å². The Kier molecular flexibility index (Phi) is 4.88. The predicted octanol–water partition coefficient (Wildman–Crippen LogP) is 5.06. The molecule has 2 aliphatic heterocycles. The topological polar surface area (TPSA) is 42.7 Å². The van der Waals surface area contributed by atoms with Crippen LogP contribution in [-0.2, 0) is 16.0 Å². The number of rotatable bonds is 4. The summed E-state index contributed by atoms with van der Waals surface area (Å²) >= 11 is 0. The molecule has 0 unspecified atom stereocenters. The first kappa shape index (κ1) is 18.4. The summed E-state index contributed by atoms with van der Waals surface area (Å²) in [6, 6.07) is 16.6. The van der Waals surface area contributed by atoms with Gasteiger partial charge >= 0.3 is 0 Å². The van der Waals surface area contributed by atoms with E-state index in [1.807, 2.05) is 24.5 Å². The molecule has 0 spiro atoms. The van der Waals surface area contributed by atoms with Gasteiger partial charge in [0.25, 0.3) is 0 Å². The Balaban J connectivity index is 1.54. The molecule has 0 saturated carbocycles. The van der Waals surface area contributed by atoms with Gasteiger partial charge < -0.3 is 14.1 Å². The number of hydrogen-bond donors (Lipinski definition) is 0. The normalized spacial score (nSPS) is 19.0. The number of carbonyl (C=O) groups excluding carboxylic acids is 1. The van der Waals surface area contributed by atoms with E-state index in [1.54, 1.807) is 0 Å². The van der Waals surface area contributed by atoms with E-state index < -0.39 is 0 Å². The van der Waals surface area contributed by atoms with Crippen molar-refractivity contribution in [1.29, 1.82) is 0 Å². The Hall–Kier alpha value is -2.59. The Bertz CT molecular complexity index is 1010. The second kappa shape index (κ2) is 7.68. The standard InChI is InChI=1S/C25H27NO3/c27-24(26-13-5-6-14-26)25(11-15-28-16-12-25)17-19-7-1-2-8-20(19)22-18-29-23-10-4-3-9-21(22)23/h1-4,7-10,18H,5-6,11-17H2. The molecule has 5 rings (SSSR count). The molecule has 29 heavy (non-hydrogen) atoms. The predicted molar refractivity (Wildman–Crippen MR) is 114 cm³/mol. The third kappa shape index (κ3) is 3.36. The molecule has 4 nitrogen and oxygen atoms in total. The number of carbonyl (C=O) groups is 1. The van der Waals surface area contributed by atoms with Gasteiger partial charge in [0, 0.05) is 37.3 Å². The molecular weight excluding hydrogens is 362 g/mol. The monoisotopic (exact) mass is 389 g/mol. The van der Waals surface area contributed by atoms with Crippen molar-refractivity contribution >= 4 is 16.9 Å². The van der Waals surface area contributed by atoms with Crippen LogP contribution in [0.3, 0.4) is 0 Å². The number of likely N-dealkylation sites (tertiary alicyclic amines) is 1. The minimum absolute atomic E-state index is 0.324. The third-order valence-corrected chi connectivity index (χ3v) is 6.61. The Morgan fingerprint density at radius 1 is 0.931 bits per heavy atom. The van der Waals surface area contributed by atoms with Gasteiger partial charge in [0.2, 0.25) is 5.91 Å². The van der Waals surface area contributed by atoms with Gasteiger partial charge in [-0.3, -0.25) is 4.79 Å². The maximum Gasteiger partial charge on any atom is 0.229 e. The van der Waals surface area contributed by atoms with Gasteiger partial charge in [-0.15, -0.1) is 0 Å². The molecule has 0 radical (unpaired) electrons. The summed E-state index contributed by atoms with van der Waals surface area (Å²) in [5, 5.41) is 1.12. The zero-order chi connectivity index (χ0) is 19.7. The number of benzene rings is 2. The van der Waals surface area contributed by atoms with Crippen LogP contribution >= 0.6 is 0 Å². The second-order valence-electron chi connectivity index (χ2n) is 8.37. The second-order valence-corrected chi connectivity index (χ2v) is 8.37. The molecule has 0 aliphatic carbocycles. The molecule has 2 aliphatic rings. The van der Waals surface area contributed by atoms with Crippen LogP contribution in [0.5, 0.6) is 0 Å². The van der Waals surface area contributed by atoms with Crippen LogP contribution in [0.25, 0.3) is 22.1 Å². The lowest BCUT2D eigenvalue weighted by Gasteiger charge is -2.39. The molecule has 1 aromatic heterocycles. The maximum atomic E-state index is 13.6. The number of hydrogen-bond acceptors (Lipinski definition) is 3. The van der Waals surface area contributed by atoms with Crippen molar-refractivity contribution in [2.45, 2.75) is 32.1 Å². The number of nitrogens with zero attached hydrogens (tertiary/aromatic N) is 1. The smallest absolute Gasteiger partial charge is 0.229 e. The average Bonchev–Trinajstić information content (AvgIpc) is 3.45. The molecular formula is C25H27NO3. The summed E-state index contributed by atoms with van der Waals surface area (Å²) in [5.41, 5.74) is 4.02. The molecule has 2 aromatic carbocycles. The summed E-state index contributed by atoms with van der Waals surface area (Å²) in [4.78, 5) is 15.7. The molecule has 2 saturated heterocycles. The SMILES string of the molecule is O=C(N1CCCC1)C1(Cc2ccccc2-c2coc3ccccc23)CCOCC1. The van der Waals surface area contributed by atoms with Crippen LogP contribution in [0, 0.1) is 5.41 Å². The van der Waals surface area contributed by atoms with E-state index in [1.165, 1.54) is 5.56 Å². The van der Waals surface area contributed by atoms with Gasteiger partial charge in [-0.05, 0) is 49.3 Å². The molecule has 2 fully saturated rings. The molecule has 0 N–H and O–H groups in total. The van der Waals surface area contributed by atoms with Crippen molar-refractivity contribution in [1.82, 2.24) is 4.90 Å². The summed E-state index contributed by atoms with van der Waals surface area (Å²) in [7, 11) is 0. The van der Waals surface area contributed by atoms with Gasteiger partial charge in [-0.25, -0.2) is 0 Å². The van der Waals surface area contributed by atoms with E-state index in [4.69, 9.17) is 9.15 Å². The van der Waals surface area contributed by atoms with Gasteiger partial charge in [0.05, 0.1) is 11.7 Å². The van der Waals surface area contributed by atoms with Gasteiger partial charge in [-0.2, -0.15) is 0 Å². The van der Waals surface area contributed by atoms with Crippen molar-refractivity contribution < 1.29 is 13.9 Å². The highest BCUT2D eigenvalue weighted by Gasteiger charge is 2.43. The number of furan rings is 1. The van der Waals surface area contributed by atoms with Crippen LogP contribution < -0.4 is 0 Å². The van der Waals surface area contributed by atoms with Gasteiger partial charge in [0.15, 0.2) is 0 Å². The number of ether oxygens (including phenoxy) is 1. The molecule has 3 aromatic rings. The Morgan fingerprint density at radius 2 is 1.66 bits per heavy atom. The summed E-state index contributed by atoms with van der Waals surface area (Å²) < 4.78 is 11.5. The first-order valence-corrected chi connectivity index (χ1v) is 10.7. The molecule has 150 valence electrons. The first-order valence-electron chi connectivity index (χ1n) is 10.7. The van der Waals surface area contributed by atoms with Crippen molar-refractivity contribution in [3.05, 3.63) is 60.4 Å². The van der Waals surface area contributed by atoms with E-state index in [9.17, 15) is 4.79 Å². The summed E-state index contributed by atoms with van der Waals surface area (Å²) in [5.74, 6) is 0.324. The number of amides is 1. The van der Waals surface area contributed by atoms with Gasteiger partial charge in [-0.1, -0.05) is 42.5 Å². The molecule has 0 atom stereocenters. The summed E-state index contributed by atoms with van der Waals surface area (Å²) in [6.45, 7) is 3.12. The number of fused-ring (bicyclic) bond motifs is 1. The minimum Gasteiger partial charge on any atom is -0.464 e. The largest absolute Gasteiger partial charge is 0.464 e. The third-order valence-electron chi connectivity index (χ3n) is 6.61. The van der Waals surface area contributed by atoms with Crippen molar-refractivity contribution in [2.75, 3.05) is 26.3 Å². The fraction of sp³-hybridized carbons (Fsp3) is 0.400. The molecule has 3 heterocycles. The quantitative estimate of drug-likeness (QED) is 0.626.